The van der Waals surface area contributed by atoms with E-state index in [-0.39, 0.29) is 0 Å². The van der Waals surface area contributed by atoms with Gasteiger partial charge in [0, 0.05) is 37.3 Å². The Morgan fingerprint density at radius 1 is 1.06 bits per heavy atom. The molecule has 0 bridgehead atoms. The Morgan fingerprint density at radius 2 is 1.88 bits per heavy atom. The molecule has 3 rings (SSSR count). The van der Waals surface area contributed by atoms with Gasteiger partial charge in [-0.05, 0) is 52.6 Å². The molecule has 2 aliphatic heterocycles. The van der Waals surface area contributed by atoms with Gasteiger partial charge >= 0.3 is 0 Å². The number of likely N-dealkylation sites (tertiary alicyclic amines) is 2. The third-order valence-electron chi connectivity index (χ3n) is 4.73. The van der Waals surface area contributed by atoms with E-state index in [0.29, 0.717) is 0 Å². The van der Waals surface area contributed by atoms with Crippen molar-refractivity contribution in [1.82, 2.24) is 15.1 Å². The average molecular weight is 237 g/mol. The fourth-order valence-electron chi connectivity index (χ4n) is 3.73. The molecule has 3 atom stereocenters. The van der Waals surface area contributed by atoms with E-state index >= 15 is 0 Å². The quantitative estimate of drug-likeness (QED) is 0.798. The zero-order valence-electron chi connectivity index (χ0n) is 11.4. The summed E-state index contributed by atoms with van der Waals surface area (Å²) in [6.07, 6.45) is 6.99. The Labute approximate surface area is 106 Å². The maximum Gasteiger partial charge on any atom is 0.0213 e. The number of nitrogens with one attached hydrogen (secondary N) is 1. The third kappa shape index (κ3) is 2.83. The first-order chi connectivity index (χ1) is 8.22. The molecule has 98 valence electrons. The number of piperidine rings is 1. The minimum atomic E-state index is 0.741. The molecule has 1 saturated carbocycles. The number of nitrogens with zero attached hydrogens (tertiary/aromatic N) is 2. The molecule has 0 amide bonds. The van der Waals surface area contributed by atoms with Crippen LogP contribution in [0.25, 0.3) is 0 Å². The fourth-order valence-corrected chi connectivity index (χ4v) is 3.73. The van der Waals surface area contributed by atoms with Gasteiger partial charge in [-0.1, -0.05) is 0 Å². The number of hydrogen-bond acceptors (Lipinski definition) is 3. The third-order valence-corrected chi connectivity index (χ3v) is 4.73. The lowest BCUT2D eigenvalue weighted by Crippen LogP contribution is -2.48. The van der Waals surface area contributed by atoms with Gasteiger partial charge < -0.3 is 10.2 Å². The topological polar surface area (TPSA) is 18.5 Å². The SMILES string of the molecule is CC1CC(NC2CCCN(C)C2)CN1C1CC1. The van der Waals surface area contributed by atoms with Crippen molar-refractivity contribution >= 4 is 0 Å². The van der Waals surface area contributed by atoms with Gasteiger partial charge in [-0.2, -0.15) is 0 Å². The van der Waals surface area contributed by atoms with Crippen LogP contribution < -0.4 is 5.32 Å². The Kier molecular flexibility index (Phi) is 3.42. The Balaban J connectivity index is 1.49. The highest BCUT2D eigenvalue weighted by Gasteiger charge is 2.39. The monoisotopic (exact) mass is 237 g/mol. The van der Waals surface area contributed by atoms with Gasteiger partial charge in [0.15, 0.2) is 0 Å². The van der Waals surface area contributed by atoms with Gasteiger partial charge in [0.05, 0.1) is 0 Å². The van der Waals surface area contributed by atoms with Crippen molar-refractivity contribution in [2.45, 2.75) is 63.2 Å². The normalized spacial score (nSPS) is 40.9. The lowest BCUT2D eigenvalue weighted by Gasteiger charge is -2.32. The second-order valence-corrected chi connectivity index (χ2v) is 6.48. The van der Waals surface area contributed by atoms with Crippen molar-refractivity contribution in [3.05, 3.63) is 0 Å². The predicted octanol–water partition coefficient (Wildman–Crippen LogP) is 1.30. The van der Waals surface area contributed by atoms with Crippen LogP contribution in [0.3, 0.4) is 0 Å². The summed E-state index contributed by atoms with van der Waals surface area (Å²) in [5.41, 5.74) is 0. The van der Waals surface area contributed by atoms with Crippen LogP contribution in [0.15, 0.2) is 0 Å². The van der Waals surface area contributed by atoms with E-state index < -0.39 is 0 Å². The summed E-state index contributed by atoms with van der Waals surface area (Å²) in [5, 5.41) is 3.91. The molecule has 17 heavy (non-hydrogen) atoms. The van der Waals surface area contributed by atoms with Gasteiger partial charge in [0.25, 0.3) is 0 Å². The zero-order chi connectivity index (χ0) is 11.8. The van der Waals surface area contributed by atoms with Gasteiger partial charge in [-0.25, -0.2) is 0 Å². The first-order valence-corrected chi connectivity index (χ1v) is 7.42. The van der Waals surface area contributed by atoms with E-state index in [1.54, 1.807) is 0 Å². The molecular formula is C14H27N3. The van der Waals surface area contributed by atoms with E-state index in [4.69, 9.17) is 0 Å². The van der Waals surface area contributed by atoms with Crippen molar-refractivity contribution in [3.8, 4) is 0 Å². The van der Waals surface area contributed by atoms with Gasteiger partial charge in [0.1, 0.15) is 0 Å². The Morgan fingerprint density at radius 3 is 2.59 bits per heavy atom. The standard InChI is InChI=1S/C14H27N3/c1-11-8-13(10-17(11)14-5-6-14)15-12-4-3-7-16(2)9-12/h11-15H,3-10H2,1-2H3. The molecule has 1 aliphatic carbocycles. The smallest absolute Gasteiger partial charge is 0.0213 e. The largest absolute Gasteiger partial charge is 0.309 e. The minimum absolute atomic E-state index is 0.741. The summed E-state index contributed by atoms with van der Waals surface area (Å²) in [4.78, 5) is 5.21. The molecule has 0 radical (unpaired) electrons. The molecule has 3 aliphatic rings. The van der Waals surface area contributed by atoms with Crippen molar-refractivity contribution in [1.29, 1.82) is 0 Å². The van der Waals surface area contributed by atoms with Crippen LogP contribution in [0.1, 0.15) is 39.0 Å². The summed E-state index contributed by atoms with van der Waals surface area (Å²) in [7, 11) is 2.25. The predicted molar refractivity (Wildman–Crippen MR) is 71.2 cm³/mol. The van der Waals surface area contributed by atoms with Crippen molar-refractivity contribution in [2.24, 2.45) is 0 Å². The van der Waals surface area contributed by atoms with Crippen LogP contribution in [0, 0.1) is 0 Å². The van der Waals surface area contributed by atoms with Crippen molar-refractivity contribution < 1.29 is 0 Å². The lowest BCUT2D eigenvalue weighted by atomic mass is 10.0. The van der Waals surface area contributed by atoms with E-state index in [0.717, 1.165) is 24.2 Å². The molecule has 0 aromatic carbocycles. The molecule has 3 nitrogen and oxygen atoms in total. The summed E-state index contributed by atoms with van der Waals surface area (Å²) < 4.78 is 0. The molecule has 0 spiro atoms. The molecule has 3 unspecified atom stereocenters. The van der Waals surface area contributed by atoms with Gasteiger partial charge in [-0.3, -0.25) is 4.90 Å². The van der Waals surface area contributed by atoms with E-state index in [9.17, 15) is 0 Å². The van der Waals surface area contributed by atoms with Crippen LogP contribution in [-0.4, -0.2) is 60.6 Å². The summed E-state index contributed by atoms with van der Waals surface area (Å²) in [6.45, 7) is 6.24. The molecule has 2 heterocycles. The number of hydrogen-bond donors (Lipinski definition) is 1. The average Bonchev–Trinajstić information content (AvgIpc) is 3.04. The highest BCUT2D eigenvalue weighted by atomic mass is 15.3. The van der Waals surface area contributed by atoms with Crippen LogP contribution in [0.5, 0.6) is 0 Å². The second-order valence-electron chi connectivity index (χ2n) is 6.48. The fraction of sp³-hybridized carbons (Fsp3) is 1.00. The molecule has 0 aromatic rings. The zero-order valence-corrected chi connectivity index (χ0v) is 11.4. The van der Waals surface area contributed by atoms with E-state index in [1.807, 2.05) is 0 Å². The van der Waals surface area contributed by atoms with Crippen LogP contribution in [-0.2, 0) is 0 Å². The van der Waals surface area contributed by atoms with Crippen LogP contribution in [0.4, 0.5) is 0 Å². The van der Waals surface area contributed by atoms with Crippen molar-refractivity contribution in [2.75, 3.05) is 26.7 Å². The van der Waals surface area contributed by atoms with Crippen LogP contribution >= 0.6 is 0 Å². The molecule has 0 aromatic heterocycles. The van der Waals surface area contributed by atoms with E-state index in [2.05, 4.69) is 29.1 Å². The lowest BCUT2D eigenvalue weighted by molar-refractivity contribution is 0.212. The summed E-state index contributed by atoms with van der Waals surface area (Å²) in [6, 6.07) is 3.24. The Bertz CT molecular complexity index is 264. The molecule has 3 heteroatoms. The number of likely N-dealkylation sites (N-methyl/N-ethyl adjacent to an activating group) is 1. The maximum atomic E-state index is 3.91. The maximum absolute atomic E-state index is 3.91. The highest BCUT2D eigenvalue weighted by molar-refractivity contribution is 4.97. The summed E-state index contributed by atoms with van der Waals surface area (Å²) in [5.74, 6) is 0. The molecular weight excluding hydrogens is 210 g/mol. The second kappa shape index (κ2) is 4.87. The molecule has 1 N–H and O–H groups in total. The van der Waals surface area contributed by atoms with Gasteiger partial charge in [0.2, 0.25) is 0 Å². The first-order valence-electron chi connectivity index (χ1n) is 7.42. The molecule has 3 fully saturated rings. The first kappa shape index (κ1) is 11.9. The van der Waals surface area contributed by atoms with Crippen molar-refractivity contribution in [3.63, 3.8) is 0 Å². The highest BCUT2D eigenvalue weighted by Crippen LogP contribution is 2.33. The van der Waals surface area contributed by atoms with Crippen LogP contribution in [0.2, 0.25) is 0 Å². The summed E-state index contributed by atoms with van der Waals surface area (Å²) >= 11 is 0. The van der Waals surface area contributed by atoms with E-state index in [1.165, 1.54) is 51.7 Å². The van der Waals surface area contributed by atoms with Gasteiger partial charge in [-0.15, -0.1) is 0 Å². The minimum Gasteiger partial charge on any atom is -0.309 e. The molecule has 2 saturated heterocycles. The number of rotatable bonds is 3. The Hall–Kier alpha value is -0.120.